The molecule has 0 saturated carbocycles. The lowest BCUT2D eigenvalue weighted by Gasteiger charge is -2.23. The summed E-state index contributed by atoms with van der Waals surface area (Å²) in [6.45, 7) is 0. The molecule has 0 aliphatic heterocycles. The zero-order chi connectivity index (χ0) is 16.1. The molecule has 0 radical (unpaired) electrons. The van der Waals surface area contributed by atoms with Gasteiger partial charge in [0, 0.05) is 13.5 Å². The van der Waals surface area contributed by atoms with E-state index in [-0.39, 0.29) is 18.1 Å². The van der Waals surface area contributed by atoms with Crippen molar-refractivity contribution in [2.24, 2.45) is 0 Å². The van der Waals surface area contributed by atoms with E-state index in [9.17, 15) is 14.7 Å². The fraction of sp³-hybridized carbons (Fsp3) is 0.267. The molecular formula is C15H16N2O5. The van der Waals surface area contributed by atoms with E-state index in [0.29, 0.717) is 0 Å². The fourth-order valence-corrected chi connectivity index (χ4v) is 2.00. The number of amides is 1. The number of carboxylic acids is 1. The highest BCUT2D eigenvalue weighted by Crippen LogP contribution is 2.15. The van der Waals surface area contributed by atoms with Gasteiger partial charge in [-0.15, -0.1) is 0 Å². The third kappa shape index (κ3) is 3.43. The Hall–Kier alpha value is -2.83. The molecule has 1 aromatic carbocycles. The van der Waals surface area contributed by atoms with Gasteiger partial charge in [-0.1, -0.05) is 30.3 Å². The van der Waals surface area contributed by atoms with Crippen LogP contribution in [-0.4, -0.2) is 47.2 Å². The van der Waals surface area contributed by atoms with Crippen LogP contribution in [0.2, 0.25) is 0 Å². The van der Waals surface area contributed by atoms with E-state index in [4.69, 9.17) is 9.26 Å². The van der Waals surface area contributed by atoms with Gasteiger partial charge in [0.25, 0.3) is 11.8 Å². The topological polar surface area (TPSA) is 92.9 Å². The molecule has 22 heavy (non-hydrogen) atoms. The lowest BCUT2D eigenvalue weighted by molar-refractivity contribution is -0.141. The van der Waals surface area contributed by atoms with Gasteiger partial charge in [0.05, 0.1) is 13.2 Å². The van der Waals surface area contributed by atoms with Gasteiger partial charge >= 0.3 is 5.97 Å². The van der Waals surface area contributed by atoms with Crippen molar-refractivity contribution < 1.29 is 24.0 Å². The smallest absolute Gasteiger partial charge is 0.326 e. The van der Waals surface area contributed by atoms with Gasteiger partial charge in [0.2, 0.25) is 5.76 Å². The SMILES string of the molecule is COc1cc(C(=O)N(C)C(Cc2ccccc2)C(=O)O)on1. The van der Waals surface area contributed by atoms with Gasteiger partial charge in [-0.25, -0.2) is 4.79 Å². The highest BCUT2D eigenvalue weighted by atomic mass is 16.5. The number of carboxylic acid groups (broad SMARTS) is 1. The number of aromatic nitrogens is 1. The second-order valence-electron chi connectivity index (χ2n) is 4.69. The predicted octanol–water partition coefficient (Wildman–Crippen LogP) is 1.45. The Morgan fingerprint density at radius 1 is 1.36 bits per heavy atom. The number of nitrogens with zero attached hydrogens (tertiary/aromatic N) is 2. The van der Waals surface area contributed by atoms with Gasteiger partial charge in [-0.05, 0) is 10.7 Å². The van der Waals surface area contributed by atoms with Crippen molar-refractivity contribution in [2.45, 2.75) is 12.5 Å². The average Bonchev–Trinajstić information content (AvgIpc) is 3.01. The van der Waals surface area contributed by atoms with E-state index in [0.717, 1.165) is 10.5 Å². The molecule has 1 atom stereocenters. The summed E-state index contributed by atoms with van der Waals surface area (Å²) in [5.74, 6) is -1.57. The molecule has 0 fully saturated rings. The van der Waals surface area contributed by atoms with Gasteiger partial charge in [0.15, 0.2) is 0 Å². The van der Waals surface area contributed by atoms with E-state index in [1.54, 1.807) is 0 Å². The van der Waals surface area contributed by atoms with Crippen LogP contribution in [0.5, 0.6) is 5.88 Å². The Morgan fingerprint density at radius 3 is 2.59 bits per heavy atom. The molecule has 1 amide bonds. The molecule has 0 spiro atoms. The summed E-state index contributed by atoms with van der Waals surface area (Å²) in [6, 6.07) is 9.41. The number of hydrogen-bond acceptors (Lipinski definition) is 5. The molecule has 1 N–H and O–H groups in total. The number of benzene rings is 1. The van der Waals surface area contributed by atoms with E-state index in [2.05, 4.69) is 5.16 Å². The van der Waals surface area contributed by atoms with E-state index in [1.165, 1.54) is 20.2 Å². The monoisotopic (exact) mass is 304 g/mol. The fourth-order valence-electron chi connectivity index (χ4n) is 2.00. The number of carbonyl (C=O) groups is 2. The molecular weight excluding hydrogens is 288 g/mol. The third-order valence-electron chi connectivity index (χ3n) is 3.25. The lowest BCUT2D eigenvalue weighted by Crippen LogP contribution is -2.43. The second kappa shape index (κ2) is 6.75. The first-order chi connectivity index (χ1) is 10.5. The van der Waals surface area contributed by atoms with Gasteiger partial charge in [-0.2, -0.15) is 0 Å². The minimum absolute atomic E-state index is 0.0707. The van der Waals surface area contributed by atoms with Crippen molar-refractivity contribution >= 4 is 11.9 Å². The molecule has 2 aromatic rings. The van der Waals surface area contributed by atoms with Crippen LogP contribution >= 0.6 is 0 Å². The van der Waals surface area contributed by atoms with Crippen molar-refractivity contribution in [3.8, 4) is 5.88 Å². The molecule has 7 nitrogen and oxygen atoms in total. The van der Waals surface area contributed by atoms with Crippen LogP contribution < -0.4 is 4.74 Å². The minimum Gasteiger partial charge on any atom is -0.480 e. The molecule has 1 aromatic heterocycles. The number of carbonyl (C=O) groups excluding carboxylic acids is 1. The summed E-state index contributed by atoms with van der Waals surface area (Å²) in [5, 5.41) is 12.9. The number of rotatable bonds is 6. The first kappa shape index (κ1) is 15.6. The number of methoxy groups -OCH3 is 1. The van der Waals surface area contributed by atoms with Crippen LogP contribution in [0.1, 0.15) is 16.1 Å². The lowest BCUT2D eigenvalue weighted by atomic mass is 10.0. The van der Waals surface area contributed by atoms with Crippen molar-refractivity contribution in [1.82, 2.24) is 10.1 Å². The van der Waals surface area contributed by atoms with Crippen LogP contribution in [0.3, 0.4) is 0 Å². The van der Waals surface area contributed by atoms with E-state index >= 15 is 0 Å². The van der Waals surface area contributed by atoms with Crippen LogP contribution in [0.25, 0.3) is 0 Å². The highest BCUT2D eigenvalue weighted by Gasteiger charge is 2.29. The van der Waals surface area contributed by atoms with Crippen LogP contribution in [0.4, 0.5) is 0 Å². The first-order valence-corrected chi connectivity index (χ1v) is 6.57. The van der Waals surface area contributed by atoms with Gasteiger partial charge in [-0.3, -0.25) is 4.79 Å². The number of ether oxygens (including phenoxy) is 1. The normalized spacial score (nSPS) is 11.7. The summed E-state index contributed by atoms with van der Waals surface area (Å²) in [4.78, 5) is 24.9. The second-order valence-corrected chi connectivity index (χ2v) is 4.69. The molecule has 1 unspecified atom stereocenters. The number of hydrogen-bond donors (Lipinski definition) is 1. The molecule has 0 saturated heterocycles. The first-order valence-electron chi connectivity index (χ1n) is 6.57. The quantitative estimate of drug-likeness (QED) is 0.868. The maximum absolute atomic E-state index is 12.3. The molecule has 1 heterocycles. The number of likely N-dealkylation sites (N-methyl/N-ethyl adjacent to an activating group) is 1. The Morgan fingerprint density at radius 2 is 2.05 bits per heavy atom. The van der Waals surface area contributed by atoms with E-state index < -0.39 is 17.9 Å². The maximum atomic E-state index is 12.3. The van der Waals surface area contributed by atoms with Crippen LogP contribution in [-0.2, 0) is 11.2 Å². The molecule has 0 aliphatic rings. The standard InChI is InChI=1S/C15H16N2O5/c1-17(14(18)12-9-13(21-2)16-22-12)11(15(19)20)8-10-6-4-3-5-7-10/h3-7,9,11H,8H2,1-2H3,(H,19,20). The Labute approximate surface area is 127 Å². The summed E-state index contributed by atoms with van der Waals surface area (Å²) >= 11 is 0. The molecule has 0 aliphatic carbocycles. The van der Waals surface area contributed by atoms with Crippen molar-refractivity contribution in [2.75, 3.05) is 14.2 Å². The summed E-state index contributed by atoms with van der Waals surface area (Å²) in [6.07, 6.45) is 0.198. The zero-order valence-corrected chi connectivity index (χ0v) is 12.2. The Balaban J connectivity index is 2.17. The highest BCUT2D eigenvalue weighted by molar-refractivity contribution is 5.94. The molecule has 0 bridgehead atoms. The van der Waals surface area contributed by atoms with Crippen LogP contribution in [0.15, 0.2) is 40.9 Å². The summed E-state index contributed by atoms with van der Waals surface area (Å²) < 4.78 is 9.70. The van der Waals surface area contributed by atoms with Crippen molar-refractivity contribution in [3.05, 3.63) is 47.7 Å². The van der Waals surface area contributed by atoms with Gasteiger partial charge in [0.1, 0.15) is 6.04 Å². The van der Waals surface area contributed by atoms with Crippen molar-refractivity contribution in [1.29, 1.82) is 0 Å². The molecule has 2 rings (SSSR count). The summed E-state index contributed by atoms with van der Waals surface area (Å²) in [5.41, 5.74) is 0.824. The largest absolute Gasteiger partial charge is 0.480 e. The Bertz CT molecular complexity index is 653. The minimum atomic E-state index is -1.09. The molecule has 7 heteroatoms. The van der Waals surface area contributed by atoms with Gasteiger partial charge < -0.3 is 19.3 Å². The van der Waals surface area contributed by atoms with Crippen LogP contribution in [0, 0.1) is 0 Å². The number of aliphatic carboxylic acids is 1. The zero-order valence-electron chi connectivity index (χ0n) is 12.2. The average molecular weight is 304 g/mol. The third-order valence-corrected chi connectivity index (χ3v) is 3.25. The Kier molecular flexibility index (Phi) is 4.77. The summed E-state index contributed by atoms with van der Waals surface area (Å²) in [7, 11) is 2.81. The molecule has 116 valence electrons. The predicted molar refractivity (Wildman–Crippen MR) is 76.7 cm³/mol. The van der Waals surface area contributed by atoms with Crippen molar-refractivity contribution in [3.63, 3.8) is 0 Å². The maximum Gasteiger partial charge on any atom is 0.326 e. The van der Waals surface area contributed by atoms with E-state index in [1.807, 2.05) is 30.3 Å².